The van der Waals surface area contributed by atoms with Crippen molar-refractivity contribution in [3.05, 3.63) is 35.6 Å². The van der Waals surface area contributed by atoms with E-state index < -0.39 is 6.04 Å². The molecule has 0 radical (unpaired) electrons. The number of hydrogen-bond acceptors (Lipinski definition) is 6. The van der Waals surface area contributed by atoms with Gasteiger partial charge in [-0.15, -0.1) is 0 Å². The molecule has 8 heteroatoms. The van der Waals surface area contributed by atoms with Gasteiger partial charge in [0.05, 0.1) is 12.6 Å². The number of likely N-dealkylation sites (tertiary alicyclic amines) is 1. The molecule has 2 aliphatic heterocycles. The summed E-state index contributed by atoms with van der Waals surface area (Å²) in [4.78, 5) is 16.7. The third-order valence-corrected chi connectivity index (χ3v) is 5.63. The number of rotatable bonds is 7. The first-order valence-corrected chi connectivity index (χ1v) is 9.48. The van der Waals surface area contributed by atoms with Crippen molar-refractivity contribution >= 4 is 5.91 Å². The highest BCUT2D eigenvalue weighted by molar-refractivity contribution is 5.82. The van der Waals surface area contributed by atoms with E-state index in [2.05, 4.69) is 10.9 Å². The van der Waals surface area contributed by atoms with Crippen molar-refractivity contribution in [3.63, 3.8) is 0 Å². The van der Waals surface area contributed by atoms with Crippen LogP contribution in [0.3, 0.4) is 0 Å². The maximum atomic E-state index is 14.0. The highest BCUT2D eigenvalue weighted by Gasteiger charge is 2.40. The van der Waals surface area contributed by atoms with Gasteiger partial charge < -0.3 is 20.0 Å². The van der Waals surface area contributed by atoms with Crippen LogP contribution in [0.2, 0.25) is 0 Å². The summed E-state index contributed by atoms with van der Waals surface area (Å²) in [5, 5.41) is 18.7. The minimum absolute atomic E-state index is 0.0212. The lowest BCUT2D eigenvalue weighted by atomic mass is 9.96. The lowest BCUT2D eigenvalue weighted by Gasteiger charge is -2.23. The van der Waals surface area contributed by atoms with Crippen molar-refractivity contribution in [1.82, 2.24) is 20.7 Å². The summed E-state index contributed by atoms with van der Waals surface area (Å²) in [6, 6.07) is 5.93. The van der Waals surface area contributed by atoms with Crippen LogP contribution in [0.25, 0.3) is 0 Å². The molecule has 3 rings (SSSR count). The van der Waals surface area contributed by atoms with Crippen LogP contribution in [0.15, 0.2) is 24.3 Å². The van der Waals surface area contributed by atoms with E-state index >= 15 is 0 Å². The Morgan fingerprint density at radius 3 is 2.70 bits per heavy atom. The van der Waals surface area contributed by atoms with Crippen molar-refractivity contribution < 1.29 is 19.4 Å². The molecule has 2 saturated heterocycles. The van der Waals surface area contributed by atoms with Crippen LogP contribution in [0.1, 0.15) is 18.0 Å². The number of amides is 1. The van der Waals surface area contributed by atoms with Gasteiger partial charge in [-0.05, 0) is 25.5 Å². The predicted octanol–water partition coefficient (Wildman–Crippen LogP) is -0.276. The van der Waals surface area contributed by atoms with Gasteiger partial charge >= 0.3 is 0 Å². The van der Waals surface area contributed by atoms with Crippen molar-refractivity contribution in [3.8, 4) is 0 Å². The molecule has 7 nitrogen and oxygen atoms in total. The number of carbonyl (C=O) groups excluding carboxylic acids is 1. The maximum Gasteiger partial charge on any atom is 0.241 e. The van der Waals surface area contributed by atoms with E-state index in [4.69, 9.17) is 5.11 Å². The fraction of sp³-hybridized carbons (Fsp3) is 0.632. The van der Waals surface area contributed by atoms with Crippen LogP contribution < -0.4 is 10.9 Å². The Kier molecular flexibility index (Phi) is 6.78. The molecule has 0 spiro atoms. The minimum Gasteiger partial charge on any atom is -0.396 e. The molecule has 2 unspecified atom stereocenters. The highest BCUT2D eigenvalue weighted by atomic mass is 19.1. The van der Waals surface area contributed by atoms with Crippen LogP contribution in [0.5, 0.6) is 0 Å². The first kappa shape index (κ1) is 20.2. The maximum absolute atomic E-state index is 14.0. The Bertz CT molecular complexity index is 647. The summed E-state index contributed by atoms with van der Waals surface area (Å²) in [5.74, 6) is -0.0930. The van der Waals surface area contributed by atoms with Gasteiger partial charge in [0, 0.05) is 44.3 Å². The molecule has 0 aliphatic carbocycles. The van der Waals surface area contributed by atoms with Gasteiger partial charge in [-0.1, -0.05) is 18.2 Å². The molecule has 150 valence electrons. The van der Waals surface area contributed by atoms with Gasteiger partial charge in [-0.2, -0.15) is 0 Å². The second-order valence-electron chi connectivity index (χ2n) is 7.58. The van der Waals surface area contributed by atoms with Crippen LogP contribution >= 0.6 is 0 Å². The molecular weight excluding hydrogens is 351 g/mol. The fourth-order valence-electron chi connectivity index (χ4n) is 4.09. The molecule has 4 atom stereocenters. The quantitative estimate of drug-likeness (QED) is 0.521. The highest BCUT2D eigenvalue weighted by Crippen LogP contribution is 2.28. The van der Waals surface area contributed by atoms with Crippen molar-refractivity contribution in [2.24, 2.45) is 11.8 Å². The summed E-state index contributed by atoms with van der Waals surface area (Å²) < 4.78 is 14.0. The molecule has 0 bridgehead atoms. The summed E-state index contributed by atoms with van der Waals surface area (Å²) >= 11 is 0. The van der Waals surface area contributed by atoms with Crippen LogP contribution in [0.4, 0.5) is 4.39 Å². The Balaban J connectivity index is 1.59. The Hall–Kier alpha value is -1.58. The number of aliphatic hydroxyl groups is 2. The van der Waals surface area contributed by atoms with E-state index in [9.17, 15) is 14.3 Å². The summed E-state index contributed by atoms with van der Waals surface area (Å²) in [6.45, 7) is 2.53. The molecule has 1 amide bonds. The normalized spacial score (nSPS) is 28.3. The molecule has 2 aliphatic rings. The Labute approximate surface area is 159 Å². The average molecular weight is 380 g/mol. The van der Waals surface area contributed by atoms with Crippen LogP contribution in [0, 0.1) is 17.7 Å². The van der Waals surface area contributed by atoms with E-state index in [1.165, 1.54) is 6.07 Å². The topological polar surface area (TPSA) is 88.1 Å². The molecule has 1 aromatic rings. The van der Waals surface area contributed by atoms with Crippen LogP contribution in [-0.4, -0.2) is 78.4 Å². The van der Waals surface area contributed by atoms with Crippen molar-refractivity contribution in [2.75, 3.05) is 46.4 Å². The van der Waals surface area contributed by atoms with Crippen LogP contribution in [-0.2, 0) is 4.79 Å². The Morgan fingerprint density at radius 2 is 2.00 bits per heavy atom. The van der Waals surface area contributed by atoms with E-state index in [0.29, 0.717) is 31.6 Å². The summed E-state index contributed by atoms with van der Waals surface area (Å²) in [5.41, 5.74) is 6.59. The fourth-order valence-corrected chi connectivity index (χ4v) is 4.09. The third-order valence-electron chi connectivity index (χ3n) is 5.63. The van der Waals surface area contributed by atoms with E-state index in [-0.39, 0.29) is 42.8 Å². The van der Waals surface area contributed by atoms with Crippen molar-refractivity contribution in [2.45, 2.75) is 18.5 Å². The number of nitrogens with one attached hydrogen (secondary N) is 2. The predicted molar refractivity (Wildman–Crippen MR) is 99.0 cm³/mol. The van der Waals surface area contributed by atoms with Gasteiger partial charge in [0.2, 0.25) is 5.91 Å². The number of aliphatic hydroxyl groups excluding tert-OH is 2. The lowest BCUT2D eigenvalue weighted by molar-refractivity contribution is -0.132. The second-order valence-corrected chi connectivity index (χ2v) is 7.58. The minimum atomic E-state index is -0.414. The monoisotopic (exact) mass is 380 g/mol. The van der Waals surface area contributed by atoms with E-state index in [1.54, 1.807) is 23.1 Å². The van der Waals surface area contributed by atoms with E-state index in [0.717, 1.165) is 6.54 Å². The summed E-state index contributed by atoms with van der Waals surface area (Å²) in [7, 11) is 1.93. The first-order chi connectivity index (χ1) is 13.0. The number of benzene rings is 1. The van der Waals surface area contributed by atoms with Gasteiger partial charge in [-0.25, -0.2) is 15.2 Å². The molecule has 1 aromatic carbocycles. The first-order valence-electron chi connectivity index (χ1n) is 9.48. The second kappa shape index (κ2) is 9.07. The van der Waals surface area contributed by atoms with Gasteiger partial charge in [0.25, 0.3) is 0 Å². The van der Waals surface area contributed by atoms with E-state index in [1.807, 2.05) is 11.9 Å². The molecular formula is C19H29FN4O3. The Morgan fingerprint density at radius 1 is 1.26 bits per heavy atom. The largest absolute Gasteiger partial charge is 0.396 e. The van der Waals surface area contributed by atoms with Crippen molar-refractivity contribution in [1.29, 1.82) is 0 Å². The number of likely N-dealkylation sites (N-methyl/N-ethyl adjacent to an activating group) is 1. The smallest absolute Gasteiger partial charge is 0.241 e. The lowest BCUT2D eigenvalue weighted by Crippen LogP contribution is -2.45. The SMILES string of the molecule is CN(CCO)C[C@@H]1CN(C(=O)C2CC(c3ccccc3F)NN2)C[C@@H]1CO. The molecule has 0 aromatic heterocycles. The summed E-state index contributed by atoms with van der Waals surface area (Å²) in [6.07, 6.45) is 0.481. The molecule has 2 fully saturated rings. The standard InChI is InChI=1S/C19H29FN4O3/c1-23(6-7-25)9-13-10-24(11-14(13)12-26)19(27)18-8-17(21-22-18)15-4-2-3-5-16(15)20/h2-5,13-14,17-18,21-22,25-26H,6-12H2,1H3/t13-,14-,17?,18?/m1/s1. The number of hydrogen-bond donors (Lipinski definition) is 4. The average Bonchev–Trinajstić information content (AvgIpc) is 3.29. The van der Waals surface area contributed by atoms with Gasteiger partial charge in [0.1, 0.15) is 11.9 Å². The zero-order valence-electron chi connectivity index (χ0n) is 15.6. The number of nitrogens with zero attached hydrogens (tertiary/aromatic N) is 2. The zero-order valence-corrected chi connectivity index (χ0v) is 15.6. The molecule has 27 heavy (non-hydrogen) atoms. The molecule has 2 heterocycles. The number of hydrazine groups is 1. The number of halogens is 1. The third kappa shape index (κ3) is 4.64. The van der Waals surface area contributed by atoms with Gasteiger partial charge in [0.15, 0.2) is 0 Å². The zero-order chi connectivity index (χ0) is 19.4. The molecule has 4 N–H and O–H groups in total. The molecule has 0 saturated carbocycles. The number of carbonyl (C=O) groups is 1. The van der Waals surface area contributed by atoms with Gasteiger partial charge in [-0.3, -0.25) is 4.79 Å².